The van der Waals surface area contributed by atoms with Crippen LogP contribution in [0, 0.1) is 6.92 Å². The number of imidazole rings is 1. The maximum Gasteiger partial charge on any atom is 0.138 e. The molecule has 3 aromatic rings. The van der Waals surface area contributed by atoms with E-state index in [9.17, 15) is 0 Å². The first kappa shape index (κ1) is 11.4. The fourth-order valence-corrected chi connectivity index (χ4v) is 2.84. The quantitative estimate of drug-likeness (QED) is 0.785. The van der Waals surface area contributed by atoms with Crippen molar-refractivity contribution in [2.75, 3.05) is 0 Å². The van der Waals surface area contributed by atoms with Gasteiger partial charge in [0, 0.05) is 12.7 Å². The largest absolute Gasteiger partial charge is 0.468 e. The third-order valence-electron chi connectivity index (χ3n) is 2.80. The average molecular weight is 259 g/mol. The highest BCUT2D eigenvalue weighted by Crippen LogP contribution is 2.32. The maximum absolute atomic E-state index is 5.83. The van der Waals surface area contributed by atoms with Gasteiger partial charge in [0.05, 0.1) is 16.9 Å². The summed E-state index contributed by atoms with van der Waals surface area (Å²) in [5, 5.41) is 0.938. The molecule has 18 heavy (non-hydrogen) atoms. The van der Waals surface area contributed by atoms with Gasteiger partial charge in [0.15, 0.2) is 0 Å². The van der Waals surface area contributed by atoms with Gasteiger partial charge in [0.2, 0.25) is 0 Å². The monoisotopic (exact) mass is 259 g/mol. The number of rotatable bonds is 3. The van der Waals surface area contributed by atoms with E-state index in [4.69, 9.17) is 10.2 Å². The molecule has 0 atom stereocenters. The van der Waals surface area contributed by atoms with E-state index in [0.29, 0.717) is 6.54 Å². The normalized spacial score (nSPS) is 11.2. The Bertz CT molecular complexity index is 686. The number of aryl methyl sites for hydroxylation is 1. The van der Waals surface area contributed by atoms with Crippen LogP contribution in [0.2, 0.25) is 0 Å². The third kappa shape index (κ3) is 1.81. The third-order valence-corrected chi connectivity index (χ3v) is 3.97. The summed E-state index contributed by atoms with van der Waals surface area (Å²) in [5.74, 6) is 0.903. The molecule has 3 aromatic heterocycles. The van der Waals surface area contributed by atoms with Crippen molar-refractivity contribution in [1.29, 1.82) is 0 Å². The zero-order chi connectivity index (χ0) is 12.5. The Morgan fingerprint density at radius 3 is 3.00 bits per heavy atom. The van der Waals surface area contributed by atoms with E-state index in [-0.39, 0.29) is 0 Å². The molecule has 4 nitrogen and oxygen atoms in total. The van der Waals surface area contributed by atoms with Crippen molar-refractivity contribution in [2.45, 2.75) is 23.4 Å². The van der Waals surface area contributed by atoms with Crippen molar-refractivity contribution < 1.29 is 4.42 Å². The number of furan rings is 1. The van der Waals surface area contributed by atoms with Gasteiger partial charge in [-0.25, -0.2) is 4.98 Å². The Kier molecular flexibility index (Phi) is 2.85. The summed E-state index contributed by atoms with van der Waals surface area (Å²) in [5.41, 5.74) is 7.77. The Hall–Kier alpha value is -1.72. The molecule has 0 aliphatic heterocycles. The number of fused-ring (bicyclic) bond motifs is 1. The first-order valence-electron chi connectivity index (χ1n) is 5.67. The molecule has 0 unspecified atom stereocenters. The van der Waals surface area contributed by atoms with Gasteiger partial charge in [-0.2, -0.15) is 0 Å². The maximum atomic E-state index is 5.83. The fraction of sp³-hybridized carbons (Fsp3) is 0.154. The fourth-order valence-electron chi connectivity index (χ4n) is 1.88. The first-order valence-corrected chi connectivity index (χ1v) is 6.49. The number of nitrogens with zero attached hydrogens (tertiary/aromatic N) is 2. The number of nitrogens with two attached hydrogens (primary N) is 1. The van der Waals surface area contributed by atoms with Crippen molar-refractivity contribution in [2.24, 2.45) is 5.73 Å². The minimum atomic E-state index is 0.463. The molecular weight excluding hydrogens is 246 g/mol. The van der Waals surface area contributed by atoms with E-state index in [1.807, 2.05) is 41.8 Å². The summed E-state index contributed by atoms with van der Waals surface area (Å²) in [4.78, 5) is 5.68. The van der Waals surface area contributed by atoms with Crippen LogP contribution in [0.3, 0.4) is 0 Å². The van der Waals surface area contributed by atoms with Crippen molar-refractivity contribution in [3.63, 3.8) is 0 Å². The second-order valence-electron chi connectivity index (χ2n) is 3.94. The zero-order valence-corrected chi connectivity index (χ0v) is 10.8. The molecule has 0 saturated heterocycles. The SMILES string of the molecule is Cc1occc1Sc1nc2ccccn2c1CN. The van der Waals surface area contributed by atoms with Crippen LogP contribution in [0.4, 0.5) is 0 Å². The van der Waals surface area contributed by atoms with Crippen molar-refractivity contribution in [3.8, 4) is 0 Å². The predicted molar refractivity (Wildman–Crippen MR) is 70.7 cm³/mol. The molecule has 3 rings (SSSR count). The van der Waals surface area contributed by atoms with E-state index in [1.165, 1.54) is 0 Å². The van der Waals surface area contributed by atoms with Gasteiger partial charge >= 0.3 is 0 Å². The zero-order valence-electron chi connectivity index (χ0n) is 9.96. The number of hydrogen-bond acceptors (Lipinski definition) is 4. The highest BCUT2D eigenvalue weighted by atomic mass is 32.2. The molecule has 0 amide bonds. The van der Waals surface area contributed by atoms with Crippen LogP contribution in [0.1, 0.15) is 11.5 Å². The average Bonchev–Trinajstić information content (AvgIpc) is 2.93. The molecule has 0 saturated carbocycles. The van der Waals surface area contributed by atoms with Gasteiger partial charge < -0.3 is 14.6 Å². The van der Waals surface area contributed by atoms with Crippen molar-refractivity contribution >= 4 is 17.4 Å². The molecule has 0 radical (unpaired) electrons. The second kappa shape index (κ2) is 4.51. The van der Waals surface area contributed by atoms with Crippen LogP contribution in [-0.2, 0) is 6.54 Å². The van der Waals surface area contributed by atoms with Gasteiger partial charge in [-0.15, -0.1) is 0 Å². The van der Waals surface area contributed by atoms with E-state index in [2.05, 4.69) is 4.98 Å². The molecule has 0 bridgehead atoms. The lowest BCUT2D eigenvalue weighted by Crippen LogP contribution is -2.01. The molecular formula is C13H13N3OS. The molecule has 0 aromatic carbocycles. The van der Waals surface area contributed by atoms with Crippen LogP contribution in [0.25, 0.3) is 5.65 Å². The Labute approximate surface area is 109 Å². The van der Waals surface area contributed by atoms with Gasteiger partial charge in [0.25, 0.3) is 0 Å². The Morgan fingerprint density at radius 1 is 1.39 bits per heavy atom. The van der Waals surface area contributed by atoms with E-state index in [0.717, 1.165) is 27.0 Å². The summed E-state index contributed by atoms with van der Waals surface area (Å²) in [6.07, 6.45) is 3.67. The van der Waals surface area contributed by atoms with E-state index < -0.39 is 0 Å². The highest BCUT2D eigenvalue weighted by Gasteiger charge is 2.13. The Morgan fingerprint density at radius 2 is 2.28 bits per heavy atom. The molecule has 92 valence electrons. The minimum Gasteiger partial charge on any atom is -0.468 e. The minimum absolute atomic E-state index is 0.463. The molecule has 0 aliphatic rings. The number of hydrogen-bond donors (Lipinski definition) is 1. The summed E-state index contributed by atoms with van der Waals surface area (Å²) in [6, 6.07) is 7.88. The van der Waals surface area contributed by atoms with Crippen molar-refractivity contribution in [3.05, 3.63) is 48.2 Å². The van der Waals surface area contributed by atoms with E-state index in [1.54, 1.807) is 18.0 Å². The topological polar surface area (TPSA) is 56.5 Å². The van der Waals surface area contributed by atoms with Gasteiger partial charge in [-0.05, 0) is 25.1 Å². The lowest BCUT2D eigenvalue weighted by molar-refractivity contribution is 0.527. The predicted octanol–water partition coefficient (Wildman–Crippen LogP) is 2.85. The second-order valence-corrected chi connectivity index (χ2v) is 4.97. The van der Waals surface area contributed by atoms with Crippen molar-refractivity contribution in [1.82, 2.24) is 9.38 Å². The van der Waals surface area contributed by atoms with Gasteiger partial charge in [0.1, 0.15) is 16.4 Å². The lowest BCUT2D eigenvalue weighted by atomic mass is 10.4. The molecule has 2 N–H and O–H groups in total. The van der Waals surface area contributed by atoms with Crippen LogP contribution >= 0.6 is 11.8 Å². The van der Waals surface area contributed by atoms with E-state index >= 15 is 0 Å². The molecule has 3 heterocycles. The smallest absolute Gasteiger partial charge is 0.138 e. The van der Waals surface area contributed by atoms with Crippen LogP contribution < -0.4 is 5.73 Å². The number of pyridine rings is 1. The van der Waals surface area contributed by atoms with Gasteiger partial charge in [-0.1, -0.05) is 17.8 Å². The first-order chi connectivity index (χ1) is 8.79. The van der Waals surface area contributed by atoms with Crippen LogP contribution in [-0.4, -0.2) is 9.38 Å². The summed E-state index contributed by atoms with van der Waals surface area (Å²) < 4.78 is 7.32. The van der Waals surface area contributed by atoms with Crippen LogP contribution in [0.5, 0.6) is 0 Å². The number of aromatic nitrogens is 2. The standard InChI is InChI=1S/C13H13N3OS/c1-9-11(5-7-17-9)18-13-10(8-14)16-6-3-2-4-12(16)15-13/h2-7H,8,14H2,1H3. The Balaban J connectivity index is 2.09. The lowest BCUT2D eigenvalue weighted by Gasteiger charge is -2.00. The summed E-state index contributed by atoms with van der Waals surface area (Å²) in [7, 11) is 0. The van der Waals surface area contributed by atoms with Crippen LogP contribution in [0.15, 0.2) is 51.1 Å². The molecule has 0 spiro atoms. The molecule has 0 aliphatic carbocycles. The molecule has 0 fully saturated rings. The molecule has 5 heteroatoms. The van der Waals surface area contributed by atoms with Gasteiger partial charge in [-0.3, -0.25) is 0 Å². The summed E-state index contributed by atoms with van der Waals surface area (Å²) >= 11 is 1.59. The highest BCUT2D eigenvalue weighted by molar-refractivity contribution is 7.99. The summed E-state index contributed by atoms with van der Waals surface area (Å²) in [6.45, 7) is 2.41.